The third kappa shape index (κ3) is 4.09. The Balaban J connectivity index is 1.57. The number of fused-ring (bicyclic) bond motifs is 1. The largest absolute Gasteiger partial charge is 0.472 e. The number of rotatable bonds is 5. The molecule has 5 heteroatoms. The summed E-state index contributed by atoms with van der Waals surface area (Å²) in [6, 6.07) is 19.4. The van der Waals surface area contributed by atoms with Gasteiger partial charge in [-0.25, -0.2) is 0 Å². The topological polar surface area (TPSA) is 62.6 Å². The van der Waals surface area contributed by atoms with Crippen molar-refractivity contribution in [3.05, 3.63) is 95.4 Å². The average molecular weight is 388 g/mol. The van der Waals surface area contributed by atoms with Crippen LogP contribution in [-0.2, 0) is 17.6 Å². The van der Waals surface area contributed by atoms with Gasteiger partial charge in [0.1, 0.15) is 12.3 Å². The van der Waals surface area contributed by atoms with Gasteiger partial charge in [-0.15, -0.1) is 0 Å². The molecule has 1 aliphatic heterocycles. The van der Waals surface area contributed by atoms with Crippen LogP contribution in [0.1, 0.15) is 40.0 Å². The van der Waals surface area contributed by atoms with Crippen LogP contribution >= 0.6 is 0 Å². The predicted molar refractivity (Wildman–Crippen MR) is 110 cm³/mol. The quantitative estimate of drug-likeness (QED) is 0.724. The Kier molecular flexibility index (Phi) is 5.47. The molecule has 2 heterocycles. The van der Waals surface area contributed by atoms with Crippen molar-refractivity contribution < 1.29 is 14.0 Å². The first-order chi connectivity index (χ1) is 14.1. The third-order valence-electron chi connectivity index (χ3n) is 5.47. The summed E-state index contributed by atoms with van der Waals surface area (Å²) >= 11 is 0. The smallest absolute Gasteiger partial charge is 0.255 e. The Hall–Kier alpha value is -3.34. The van der Waals surface area contributed by atoms with E-state index in [1.54, 1.807) is 13.0 Å². The second kappa shape index (κ2) is 8.35. The molecule has 4 rings (SSSR count). The molecule has 2 unspecified atom stereocenters. The molecule has 2 atom stereocenters. The van der Waals surface area contributed by atoms with Crippen molar-refractivity contribution in [1.82, 2.24) is 10.2 Å². The van der Waals surface area contributed by atoms with Crippen molar-refractivity contribution in [1.29, 1.82) is 0 Å². The predicted octanol–water partition coefficient (Wildman–Crippen LogP) is 3.77. The van der Waals surface area contributed by atoms with E-state index in [0.717, 1.165) is 12.8 Å². The lowest BCUT2D eigenvalue weighted by molar-refractivity contribution is -0.135. The lowest BCUT2D eigenvalue weighted by Gasteiger charge is -2.39. The van der Waals surface area contributed by atoms with Gasteiger partial charge >= 0.3 is 0 Å². The van der Waals surface area contributed by atoms with Crippen LogP contribution in [0, 0.1) is 0 Å². The van der Waals surface area contributed by atoms with E-state index < -0.39 is 6.04 Å². The summed E-state index contributed by atoms with van der Waals surface area (Å²) in [4.78, 5) is 27.5. The highest BCUT2D eigenvalue weighted by molar-refractivity contribution is 5.97. The number of carbonyl (C=O) groups excluding carboxylic acids is 2. The van der Waals surface area contributed by atoms with Crippen LogP contribution in [-0.4, -0.2) is 29.3 Å². The molecule has 29 heavy (non-hydrogen) atoms. The Labute approximate surface area is 170 Å². The number of nitrogens with one attached hydrogen (secondary N) is 1. The van der Waals surface area contributed by atoms with Crippen LogP contribution in [0.3, 0.4) is 0 Å². The summed E-state index contributed by atoms with van der Waals surface area (Å²) in [6.07, 6.45) is 4.38. The minimum absolute atomic E-state index is 0.0527. The molecule has 2 amide bonds. The Morgan fingerprint density at radius 1 is 1.10 bits per heavy atom. The second-order valence-corrected chi connectivity index (χ2v) is 7.39. The van der Waals surface area contributed by atoms with Crippen molar-refractivity contribution in [3.8, 4) is 0 Å². The van der Waals surface area contributed by atoms with Gasteiger partial charge in [-0.05, 0) is 42.5 Å². The molecule has 148 valence electrons. The van der Waals surface area contributed by atoms with E-state index in [4.69, 9.17) is 4.42 Å². The molecule has 3 aromatic rings. The second-order valence-electron chi connectivity index (χ2n) is 7.39. The SMILES string of the molecule is CC(NC(=O)c1ccoc1)C(=O)N1CCc2ccccc2C1Cc1ccccc1. The van der Waals surface area contributed by atoms with E-state index in [1.165, 1.54) is 29.2 Å². The standard InChI is InChI=1S/C24H24N2O3/c1-17(25-23(27)20-12-14-29-16-20)24(28)26-13-11-19-9-5-6-10-21(19)22(26)15-18-7-3-2-4-8-18/h2-10,12,14,16-17,22H,11,13,15H2,1H3,(H,25,27). The Bertz CT molecular complexity index is 982. The first-order valence-electron chi connectivity index (χ1n) is 9.89. The van der Waals surface area contributed by atoms with Gasteiger partial charge in [-0.1, -0.05) is 54.6 Å². The summed E-state index contributed by atoms with van der Waals surface area (Å²) in [5, 5.41) is 2.80. The highest BCUT2D eigenvalue weighted by Gasteiger charge is 2.33. The van der Waals surface area contributed by atoms with E-state index in [0.29, 0.717) is 12.1 Å². The highest BCUT2D eigenvalue weighted by Crippen LogP contribution is 2.33. The van der Waals surface area contributed by atoms with Crippen LogP contribution < -0.4 is 5.32 Å². The number of nitrogens with zero attached hydrogens (tertiary/aromatic N) is 1. The van der Waals surface area contributed by atoms with Gasteiger partial charge in [0.2, 0.25) is 5.91 Å². The van der Waals surface area contributed by atoms with Gasteiger partial charge in [0.05, 0.1) is 17.9 Å². The molecule has 1 aliphatic rings. The number of amides is 2. The zero-order valence-electron chi connectivity index (χ0n) is 16.4. The molecule has 0 spiro atoms. The molecular formula is C24H24N2O3. The van der Waals surface area contributed by atoms with Gasteiger partial charge < -0.3 is 14.6 Å². The van der Waals surface area contributed by atoms with Crippen LogP contribution in [0.2, 0.25) is 0 Å². The third-order valence-corrected chi connectivity index (χ3v) is 5.47. The van der Waals surface area contributed by atoms with Crippen molar-refractivity contribution in [2.75, 3.05) is 6.54 Å². The molecule has 0 saturated heterocycles. The first kappa shape index (κ1) is 19.0. The van der Waals surface area contributed by atoms with Crippen LogP contribution in [0.15, 0.2) is 77.6 Å². The molecule has 0 aliphatic carbocycles. The number of furan rings is 1. The van der Waals surface area contributed by atoms with Gasteiger partial charge in [-0.3, -0.25) is 9.59 Å². The molecule has 5 nitrogen and oxygen atoms in total. The lowest BCUT2D eigenvalue weighted by atomic mass is 9.88. The Morgan fingerprint density at radius 2 is 1.86 bits per heavy atom. The molecule has 0 bridgehead atoms. The summed E-state index contributed by atoms with van der Waals surface area (Å²) < 4.78 is 4.96. The number of carbonyl (C=O) groups is 2. The monoisotopic (exact) mass is 388 g/mol. The average Bonchev–Trinajstić information content (AvgIpc) is 3.29. The number of hydrogen-bond donors (Lipinski definition) is 1. The van der Waals surface area contributed by atoms with E-state index in [9.17, 15) is 9.59 Å². The summed E-state index contributed by atoms with van der Waals surface area (Å²) in [7, 11) is 0. The minimum atomic E-state index is -0.624. The van der Waals surface area contributed by atoms with Gasteiger partial charge in [0.15, 0.2) is 0 Å². The van der Waals surface area contributed by atoms with Crippen molar-refractivity contribution in [2.45, 2.75) is 31.8 Å². The summed E-state index contributed by atoms with van der Waals surface area (Å²) in [6.45, 7) is 2.37. The molecule has 0 fully saturated rings. The van der Waals surface area contributed by atoms with Crippen LogP contribution in [0.5, 0.6) is 0 Å². The molecular weight excluding hydrogens is 364 g/mol. The van der Waals surface area contributed by atoms with Gasteiger partial charge in [0.25, 0.3) is 5.91 Å². The zero-order valence-corrected chi connectivity index (χ0v) is 16.4. The first-order valence-corrected chi connectivity index (χ1v) is 9.89. The normalized spacial score (nSPS) is 16.7. The summed E-state index contributed by atoms with van der Waals surface area (Å²) in [5.41, 5.74) is 4.06. The Morgan fingerprint density at radius 3 is 2.62 bits per heavy atom. The maximum Gasteiger partial charge on any atom is 0.255 e. The van der Waals surface area contributed by atoms with Crippen LogP contribution in [0.25, 0.3) is 0 Å². The fraction of sp³-hybridized carbons (Fsp3) is 0.250. The molecule has 0 radical (unpaired) electrons. The zero-order chi connectivity index (χ0) is 20.2. The maximum atomic E-state index is 13.3. The van der Waals surface area contributed by atoms with E-state index in [-0.39, 0.29) is 17.9 Å². The van der Waals surface area contributed by atoms with E-state index >= 15 is 0 Å². The molecule has 2 aromatic carbocycles. The summed E-state index contributed by atoms with van der Waals surface area (Å²) in [5.74, 6) is -0.381. The van der Waals surface area contributed by atoms with E-state index in [1.807, 2.05) is 35.2 Å². The molecule has 1 N–H and O–H groups in total. The molecule has 0 saturated carbocycles. The number of hydrogen-bond acceptors (Lipinski definition) is 3. The van der Waals surface area contributed by atoms with Crippen LogP contribution in [0.4, 0.5) is 0 Å². The fourth-order valence-corrected chi connectivity index (χ4v) is 3.96. The fourth-order valence-electron chi connectivity index (χ4n) is 3.96. The molecule has 1 aromatic heterocycles. The maximum absolute atomic E-state index is 13.3. The van der Waals surface area contributed by atoms with E-state index in [2.05, 4.69) is 29.6 Å². The van der Waals surface area contributed by atoms with Crippen molar-refractivity contribution >= 4 is 11.8 Å². The minimum Gasteiger partial charge on any atom is -0.472 e. The highest BCUT2D eigenvalue weighted by atomic mass is 16.3. The van der Waals surface area contributed by atoms with Gasteiger partial charge in [-0.2, -0.15) is 0 Å². The van der Waals surface area contributed by atoms with Crippen molar-refractivity contribution in [3.63, 3.8) is 0 Å². The van der Waals surface area contributed by atoms with Crippen molar-refractivity contribution in [2.24, 2.45) is 0 Å². The number of benzene rings is 2. The lowest BCUT2D eigenvalue weighted by Crippen LogP contribution is -2.50. The van der Waals surface area contributed by atoms with Gasteiger partial charge in [0, 0.05) is 6.54 Å².